The van der Waals surface area contributed by atoms with Gasteiger partial charge in [0.25, 0.3) is 0 Å². The molecule has 0 N–H and O–H groups in total. The number of fused-ring (bicyclic) bond motifs is 1. The molecule has 1 aliphatic heterocycles. The van der Waals surface area contributed by atoms with Crippen LogP contribution in [-0.2, 0) is 0 Å². The van der Waals surface area contributed by atoms with Crippen LogP contribution in [-0.4, -0.2) is 7.11 Å². The highest BCUT2D eigenvalue weighted by atomic mass is 35.5. The molecule has 142 valence electrons. The van der Waals surface area contributed by atoms with Gasteiger partial charge in [-0.25, -0.2) is 0 Å². The van der Waals surface area contributed by atoms with E-state index in [-0.39, 0.29) is 0 Å². The van der Waals surface area contributed by atoms with Gasteiger partial charge in [-0.2, -0.15) is 0 Å². The monoisotopic (exact) mass is 390 g/mol. The largest absolute Gasteiger partial charge is 0.497 e. The van der Waals surface area contributed by atoms with Gasteiger partial charge in [0.05, 0.1) is 7.11 Å². The van der Waals surface area contributed by atoms with Crippen LogP contribution in [0.3, 0.4) is 0 Å². The normalized spacial score (nSPS) is 19.3. The molecule has 1 heterocycles. The lowest BCUT2D eigenvalue weighted by molar-refractivity contribution is 0.410. The molecule has 0 aromatic heterocycles. The van der Waals surface area contributed by atoms with E-state index in [1.807, 2.05) is 36.4 Å². The maximum absolute atomic E-state index is 6.54. The van der Waals surface area contributed by atoms with E-state index in [9.17, 15) is 0 Å². The third-order valence-corrected chi connectivity index (χ3v) is 5.75. The molecule has 2 nitrogen and oxygen atoms in total. The number of methoxy groups -OCH3 is 1. The van der Waals surface area contributed by atoms with Gasteiger partial charge in [-0.1, -0.05) is 59.7 Å². The van der Waals surface area contributed by atoms with Gasteiger partial charge in [-0.15, -0.1) is 0 Å². The summed E-state index contributed by atoms with van der Waals surface area (Å²) in [6.07, 6.45) is 9.64. The van der Waals surface area contributed by atoms with Gasteiger partial charge in [-0.05, 0) is 55.5 Å². The van der Waals surface area contributed by atoms with Crippen molar-refractivity contribution in [3.63, 3.8) is 0 Å². The molecule has 0 saturated heterocycles. The quantitative estimate of drug-likeness (QED) is 0.554. The fraction of sp³-hybridized carbons (Fsp3) is 0.200. The first-order chi connectivity index (χ1) is 13.7. The second kappa shape index (κ2) is 8.12. The standard InChI is InChI=1S/C25H23ClO2/c1-17-7-6-10-19(25(17)26)11-12-20-15-23(18-8-4-3-5-9-18)28-24-16-21(27-2)13-14-22(20)24/h3-5,8-9,11-16H,6-7,10H2,1-2H3/b19-11+,20-12+. The number of benzene rings is 2. The minimum absolute atomic E-state index is 0.777. The summed E-state index contributed by atoms with van der Waals surface area (Å²) < 4.78 is 11.6. The van der Waals surface area contributed by atoms with Gasteiger partial charge in [0, 0.05) is 22.2 Å². The summed E-state index contributed by atoms with van der Waals surface area (Å²) >= 11 is 6.54. The Hall–Kier alpha value is -2.71. The number of hydrogen-bond acceptors (Lipinski definition) is 2. The molecule has 0 bridgehead atoms. The van der Waals surface area contributed by atoms with Crippen LogP contribution >= 0.6 is 11.6 Å². The fourth-order valence-corrected chi connectivity index (χ4v) is 3.84. The summed E-state index contributed by atoms with van der Waals surface area (Å²) in [6.45, 7) is 2.12. The van der Waals surface area contributed by atoms with Crippen molar-refractivity contribution < 1.29 is 9.47 Å². The molecule has 0 radical (unpaired) electrons. The lowest BCUT2D eigenvalue weighted by Crippen LogP contribution is -2.04. The molecule has 2 aromatic carbocycles. The first-order valence-electron chi connectivity index (χ1n) is 9.55. The maximum Gasteiger partial charge on any atom is 0.138 e. The van der Waals surface area contributed by atoms with E-state index in [0.29, 0.717) is 0 Å². The molecule has 4 rings (SSSR count). The summed E-state index contributed by atoms with van der Waals surface area (Å²) in [5.41, 5.74) is 5.67. The summed E-state index contributed by atoms with van der Waals surface area (Å²) in [5.74, 6) is 2.40. The average molecular weight is 391 g/mol. The minimum atomic E-state index is 0.777. The maximum atomic E-state index is 6.54. The smallest absolute Gasteiger partial charge is 0.138 e. The Kier molecular flexibility index (Phi) is 5.40. The minimum Gasteiger partial charge on any atom is -0.497 e. The molecule has 28 heavy (non-hydrogen) atoms. The van der Waals surface area contributed by atoms with Crippen molar-refractivity contribution in [2.75, 3.05) is 7.11 Å². The van der Waals surface area contributed by atoms with Gasteiger partial charge in [0.1, 0.15) is 17.3 Å². The second-order valence-corrected chi connectivity index (χ2v) is 7.48. The zero-order valence-electron chi connectivity index (χ0n) is 16.2. The highest BCUT2D eigenvalue weighted by Gasteiger charge is 2.19. The molecule has 0 atom stereocenters. The molecule has 0 amide bonds. The number of ether oxygens (including phenoxy) is 2. The summed E-state index contributed by atoms with van der Waals surface area (Å²) in [5, 5.41) is 0.914. The van der Waals surface area contributed by atoms with Crippen molar-refractivity contribution in [2.24, 2.45) is 0 Å². The van der Waals surface area contributed by atoms with Gasteiger partial charge >= 0.3 is 0 Å². The Morgan fingerprint density at radius 1 is 1.04 bits per heavy atom. The predicted octanol–water partition coefficient (Wildman–Crippen LogP) is 7.14. The van der Waals surface area contributed by atoms with Crippen LogP contribution in [0, 0.1) is 0 Å². The van der Waals surface area contributed by atoms with E-state index in [1.54, 1.807) is 7.11 Å². The van der Waals surface area contributed by atoms with Crippen LogP contribution in [0.2, 0.25) is 0 Å². The van der Waals surface area contributed by atoms with E-state index in [4.69, 9.17) is 21.1 Å². The van der Waals surface area contributed by atoms with E-state index in [2.05, 4.69) is 37.3 Å². The first kappa shape index (κ1) is 18.6. The Morgan fingerprint density at radius 2 is 1.86 bits per heavy atom. The lowest BCUT2D eigenvalue weighted by Gasteiger charge is -2.21. The molecule has 3 heteroatoms. The van der Waals surface area contributed by atoms with Gasteiger partial charge in [0.15, 0.2) is 0 Å². The molecule has 1 aliphatic carbocycles. The van der Waals surface area contributed by atoms with Crippen molar-refractivity contribution in [2.45, 2.75) is 26.2 Å². The SMILES string of the molecule is COc1ccc2c(c1)OC(c1ccccc1)=C/C2=C\C=C1/CCCC(C)=C1Cl. The van der Waals surface area contributed by atoms with Gasteiger partial charge in [-0.3, -0.25) is 0 Å². The van der Waals surface area contributed by atoms with Crippen molar-refractivity contribution in [1.29, 1.82) is 0 Å². The molecule has 2 aliphatic rings. The zero-order valence-corrected chi connectivity index (χ0v) is 16.9. The molecule has 2 aromatic rings. The van der Waals surface area contributed by atoms with Crippen molar-refractivity contribution in [3.05, 3.63) is 94.1 Å². The highest BCUT2D eigenvalue weighted by Crippen LogP contribution is 2.39. The van der Waals surface area contributed by atoms with Crippen molar-refractivity contribution in [1.82, 2.24) is 0 Å². The molecule has 0 unspecified atom stereocenters. The molecule has 0 fully saturated rings. The first-order valence-corrected chi connectivity index (χ1v) is 9.93. The van der Waals surface area contributed by atoms with Crippen molar-refractivity contribution in [3.8, 4) is 11.5 Å². The number of halogens is 1. The van der Waals surface area contributed by atoms with Gasteiger partial charge in [0.2, 0.25) is 0 Å². The number of allylic oxidation sites excluding steroid dienone is 7. The summed E-state index contributed by atoms with van der Waals surface area (Å²) in [6, 6.07) is 16.1. The van der Waals surface area contributed by atoms with Crippen LogP contribution in [0.4, 0.5) is 0 Å². The third-order valence-electron chi connectivity index (χ3n) is 5.18. The third kappa shape index (κ3) is 3.79. The van der Waals surface area contributed by atoms with E-state index >= 15 is 0 Å². The van der Waals surface area contributed by atoms with E-state index in [0.717, 1.165) is 58.3 Å². The Morgan fingerprint density at radius 3 is 2.64 bits per heavy atom. The average Bonchev–Trinajstić information content (AvgIpc) is 2.74. The van der Waals surface area contributed by atoms with Crippen LogP contribution < -0.4 is 9.47 Å². The van der Waals surface area contributed by atoms with E-state index < -0.39 is 0 Å². The lowest BCUT2D eigenvalue weighted by atomic mass is 9.94. The topological polar surface area (TPSA) is 18.5 Å². The fourth-order valence-electron chi connectivity index (χ4n) is 3.59. The highest BCUT2D eigenvalue weighted by molar-refractivity contribution is 6.32. The van der Waals surface area contributed by atoms with E-state index in [1.165, 1.54) is 11.1 Å². The van der Waals surface area contributed by atoms with Crippen LogP contribution in [0.25, 0.3) is 11.3 Å². The van der Waals surface area contributed by atoms with Crippen LogP contribution in [0.15, 0.2) is 82.9 Å². The molecule has 0 spiro atoms. The molecular formula is C25H23ClO2. The van der Waals surface area contributed by atoms with Gasteiger partial charge < -0.3 is 9.47 Å². The number of hydrogen-bond donors (Lipinski definition) is 0. The Bertz CT molecular complexity index is 1010. The number of rotatable bonds is 3. The van der Waals surface area contributed by atoms with Crippen LogP contribution in [0.5, 0.6) is 11.5 Å². The second-order valence-electron chi connectivity index (χ2n) is 7.10. The van der Waals surface area contributed by atoms with Crippen LogP contribution in [0.1, 0.15) is 37.3 Å². The zero-order chi connectivity index (χ0) is 19.5. The van der Waals surface area contributed by atoms with Crippen molar-refractivity contribution >= 4 is 22.9 Å². The molecular weight excluding hydrogens is 368 g/mol. The molecule has 0 saturated carbocycles. The summed E-state index contributed by atoms with van der Waals surface area (Å²) in [7, 11) is 1.67. The Balaban J connectivity index is 1.80. The predicted molar refractivity (Wildman–Crippen MR) is 117 cm³/mol. The summed E-state index contributed by atoms with van der Waals surface area (Å²) in [4.78, 5) is 0. The Labute approximate surface area is 171 Å².